The minimum Gasteiger partial charge on any atom is -0.290 e. The molecule has 0 bridgehead atoms. The molecule has 2 heterocycles. The average Bonchev–Trinajstić information content (AvgIpc) is 2.30. The second-order valence-corrected chi connectivity index (χ2v) is 6.71. The quantitative estimate of drug-likeness (QED) is 0.596. The van der Waals surface area contributed by atoms with Gasteiger partial charge in [0.05, 0.1) is 9.96 Å². The lowest BCUT2D eigenvalue weighted by Crippen LogP contribution is -2.32. The Kier molecular flexibility index (Phi) is 2.93. The number of fused-ring (bicyclic) bond motifs is 1. The van der Waals surface area contributed by atoms with Crippen molar-refractivity contribution in [2.24, 2.45) is 0 Å². The van der Waals surface area contributed by atoms with Crippen LogP contribution in [-0.4, -0.2) is 33.7 Å². The van der Waals surface area contributed by atoms with E-state index in [9.17, 15) is 0 Å². The summed E-state index contributed by atoms with van der Waals surface area (Å²) in [6.45, 7) is 2.33. The third kappa shape index (κ3) is 1.64. The van der Waals surface area contributed by atoms with Gasteiger partial charge in [-0.1, -0.05) is 6.42 Å². The van der Waals surface area contributed by atoms with Crippen molar-refractivity contribution in [2.45, 2.75) is 42.2 Å². The van der Waals surface area contributed by atoms with Crippen LogP contribution in [0.15, 0.2) is 0 Å². The molecule has 0 radical (unpaired) electrons. The third-order valence-electron chi connectivity index (χ3n) is 2.92. The van der Waals surface area contributed by atoms with E-state index in [2.05, 4.69) is 42.4 Å². The summed E-state index contributed by atoms with van der Waals surface area (Å²) in [4.78, 5) is 2.56. The molecule has 0 saturated carbocycles. The molecule has 2 aliphatic heterocycles. The van der Waals surface area contributed by atoms with Crippen molar-refractivity contribution in [1.82, 2.24) is 4.90 Å². The second kappa shape index (κ2) is 3.81. The highest BCUT2D eigenvalue weighted by atomic mass is 32.2. The first-order valence-corrected chi connectivity index (χ1v) is 6.77. The van der Waals surface area contributed by atoms with Crippen molar-refractivity contribution >= 4 is 23.5 Å². The van der Waals surface area contributed by atoms with E-state index < -0.39 is 0 Å². The van der Waals surface area contributed by atoms with Crippen molar-refractivity contribution in [3.05, 3.63) is 0 Å². The summed E-state index contributed by atoms with van der Waals surface area (Å²) in [6.07, 6.45) is 4.29. The zero-order valence-electron chi connectivity index (χ0n) is 7.82. The van der Waals surface area contributed by atoms with Crippen LogP contribution in [0.1, 0.15) is 26.2 Å². The molecule has 2 unspecified atom stereocenters. The SMILES string of the molecule is C[C@H]1SC2SCCCCC2N1C. The zero-order valence-corrected chi connectivity index (χ0v) is 9.46. The first-order valence-electron chi connectivity index (χ1n) is 4.78. The first-order chi connectivity index (χ1) is 5.79. The van der Waals surface area contributed by atoms with Gasteiger partial charge >= 0.3 is 0 Å². The van der Waals surface area contributed by atoms with Gasteiger partial charge in [-0.3, -0.25) is 4.90 Å². The Labute approximate surface area is 83.7 Å². The smallest absolute Gasteiger partial charge is 0.0673 e. The minimum atomic E-state index is 0.741. The Morgan fingerprint density at radius 1 is 1.33 bits per heavy atom. The van der Waals surface area contributed by atoms with E-state index in [1.165, 1.54) is 25.0 Å². The van der Waals surface area contributed by atoms with Crippen molar-refractivity contribution in [2.75, 3.05) is 12.8 Å². The van der Waals surface area contributed by atoms with Gasteiger partial charge in [0.1, 0.15) is 0 Å². The maximum absolute atomic E-state index is 2.56. The molecule has 0 aromatic heterocycles. The van der Waals surface area contributed by atoms with E-state index in [4.69, 9.17) is 0 Å². The summed E-state index contributed by atoms with van der Waals surface area (Å²) in [5, 5.41) is 0.741. The predicted molar refractivity (Wildman–Crippen MR) is 58.7 cm³/mol. The molecule has 2 rings (SSSR count). The molecular weight excluding hydrogens is 186 g/mol. The van der Waals surface area contributed by atoms with Crippen LogP contribution in [0.25, 0.3) is 0 Å². The largest absolute Gasteiger partial charge is 0.290 e. The second-order valence-electron chi connectivity index (χ2n) is 3.70. The molecule has 0 aromatic rings. The Balaban J connectivity index is 2.04. The minimum absolute atomic E-state index is 0.741. The normalized spacial score (nSPS) is 44.0. The van der Waals surface area contributed by atoms with Gasteiger partial charge in [-0.2, -0.15) is 0 Å². The summed E-state index contributed by atoms with van der Waals surface area (Å²) in [6, 6.07) is 0.859. The van der Waals surface area contributed by atoms with Gasteiger partial charge in [0, 0.05) is 6.04 Å². The highest BCUT2D eigenvalue weighted by Gasteiger charge is 2.37. The first kappa shape index (κ1) is 9.22. The monoisotopic (exact) mass is 203 g/mol. The maximum Gasteiger partial charge on any atom is 0.0673 e. The van der Waals surface area contributed by atoms with Crippen molar-refractivity contribution < 1.29 is 0 Å². The highest BCUT2D eigenvalue weighted by molar-refractivity contribution is 8.17. The van der Waals surface area contributed by atoms with Crippen molar-refractivity contribution in [3.8, 4) is 0 Å². The lowest BCUT2D eigenvalue weighted by Gasteiger charge is -2.22. The topological polar surface area (TPSA) is 3.24 Å². The Bertz CT molecular complexity index is 163. The number of hydrogen-bond acceptors (Lipinski definition) is 3. The van der Waals surface area contributed by atoms with E-state index in [0.717, 1.165) is 16.0 Å². The molecule has 0 aromatic carbocycles. The molecule has 70 valence electrons. The molecule has 0 spiro atoms. The van der Waals surface area contributed by atoms with Crippen LogP contribution in [0.2, 0.25) is 0 Å². The molecule has 2 fully saturated rings. The van der Waals surface area contributed by atoms with Crippen LogP contribution in [0.5, 0.6) is 0 Å². The van der Waals surface area contributed by atoms with Gasteiger partial charge in [0.2, 0.25) is 0 Å². The van der Waals surface area contributed by atoms with Crippen LogP contribution < -0.4 is 0 Å². The van der Waals surface area contributed by atoms with Crippen LogP contribution in [0, 0.1) is 0 Å². The van der Waals surface area contributed by atoms with Gasteiger partial charge in [-0.15, -0.1) is 23.5 Å². The number of nitrogens with zero attached hydrogens (tertiary/aromatic N) is 1. The summed E-state index contributed by atoms with van der Waals surface area (Å²) < 4.78 is 0.868. The molecule has 3 atom stereocenters. The maximum atomic E-state index is 2.56. The lowest BCUT2D eigenvalue weighted by molar-refractivity contribution is 0.255. The van der Waals surface area contributed by atoms with Crippen LogP contribution in [0.3, 0.4) is 0 Å². The van der Waals surface area contributed by atoms with Gasteiger partial charge < -0.3 is 0 Å². The number of thioether (sulfide) groups is 2. The van der Waals surface area contributed by atoms with E-state index >= 15 is 0 Å². The van der Waals surface area contributed by atoms with E-state index in [1.54, 1.807) is 0 Å². The van der Waals surface area contributed by atoms with Crippen LogP contribution >= 0.6 is 23.5 Å². The van der Waals surface area contributed by atoms with Gasteiger partial charge in [0.25, 0.3) is 0 Å². The summed E-state index contributed by atoms with van der Waals surface area (Å²) in [5.74, 6) is 1.38. The molecular formula is C9H17NS2. The Morgan fingerprint density at radius 3 is 3.00 bits per heavy atom. The molecule has 3 heteroatoms. The Morgan fingerprint density at radius 2 is 2.17 bits per heavy atom. The molecule has 0 aliphatic carbocycles. The lowest BCUT2D eigenvalue weighted by atomic mass is 10.1. The average molecular weight is 203 g/mol. The standard InChI is InChI=1S/C9H17NS2/c1-7-10(2)8-5-3-4-6-11-9(8)12-7/h7-9H,3-6H2,1-2H3/t7-,8?,9?/m1/s1. The van der Waals surface area contributed by atoms with Crippen LogP contribution in [0.4, 0.5) is 0 Å². The van der Waals surface area contributed by atoms with Crippen molar-refractivity contribution in [1.29, 1.82) is 0 Å². The van der Waals surface area contributed by atoms with Gasteiger partial charge in [0.15, 0.2) is 0 Å². The highest BCUT2D eigenvalue weighted by Crippen LogP contribution is 2.44. The third-order valence-corrected chi connectivity index (χ3v) is 6.14. The summed E-state index contributed by atoms with van der Waals surface area (Å²) >= 11 is 4.34. The molecule has 1 nitrogen and oxygen atoms in total. The molecule has 12 heavy (non-hydrogen) atoms. The van der Waals surface area contributed by atoms with E-state index in [0.29, 0.717) is 0 Å². The van der Waals surface area contributed by atoms with E-state index in [1.807, 2.05) is 0 Å². The van der Waals surface area contributed by atoms with Crippen LogP contribution in [-0.2, 0) is 0 Å². The zero-order chi connectivity index (χ0) is 8.55. The van der Waals surface area contributed by atoms with Gasteiger partial charge in [-0.05, 0) is 32.6 Å². The molecule has 0 amide bonds. The summed E-state index contributed by atoms with van der Waals surface area (Å²) in [7, 11) is 2.29. The number of hydrogen-bond donors (Lipinski definition) is 0. The van der Waals surface area contributed by atoms with E-state index in [-0.39, 0.29) is 0 Å². The van der Waals surface area contributed by atoms with Crippen molar-refractivity contribution in [3.63, 3.8) is 0 Å². The fourth-order valence-electron chi connectivity index (χ4n) is 1.99. The Hall–Kier alpha value is 0.660. The number of rotatable bonds is 0. The molecule has 0 N–H and O–H groups in total. The fourth-order valence-corrected chi connectivity index (χ4v) is 5.47. The van der Waals surface area contributed by atoms with Gasteiger partial charge in [-0.25, -0.2) is 0 Å². The predicted octanol–water partition coefficient (Wildman–Crippen LogP) is 2.62. The summed E-state index contributed by atoms with van der Waals surface area (Å²) in [5.41, 5.74) is 0. The molecule has 2 saturated heterocycles. The molecule has 2 aliphatic rings. The fraction of sp³-hybridized carbons (Fsp3) is 1.00.